The number of likely N-dealkylation sites (tertiary alicyclic amines) is 1. The van der Waals surface area contributed by atoms with Crippen LogP contribution >= 0.6 is 0 Å². The Hall–Kier alpha value is -3.77. The molecule has 0 bridgehead atoms. The van der Waals surface area contributed by atoms with Gasteiger partial charge in [-0.1, -0.05) is 19.4 Å². The van der Waals surface area contributed by atoms with Gasteiger partial charge < -0.3 is 25.5 Å². The lowest BCUT2D eigenvalue weighted by Crippen LogP contribution is -2.40. The third-order valence-corrected chi connectivity index (χ3v) is 8.03. The number of aliphatic hydroxyl groups is 1. The highest BCUT2D eigenvalue weighted by Gasteiger charge is 2.29. The Kier molecular flexibility index (Phi) is 12.5. The molecule has 0 spiro atoms. The van der Waals surface area contributed by atoms with Crippen molar-refractivity contribution in [3.8, 4) is 0 Å². The lowest BCUT2D eigenvalue weighted by molar-refractivity contribution is -0.148. The van der Waals surface area contributed by atoms with E-state index in [1.807, 2.05) is 30.3 Å². The number of pyridine rings is 1. The van der Waals surface area contributed by atoms with Gasteiger partial charge in [-0.05, 0) is 67.7 Å². The highest BCUT2D eigenvalue weighted by Crippen LogP contribution is 2.30. The first-order chi connectivity index (χ1) is 21.6. The van der Waals surface area contributed by atoms with E-state index in [0.717, 1.165) is 68.0 Å². The molecule has 1 saturated heterocycles. The van der Waals surface area contributed by atoms with Crippen LogP contribution < -0.4 is 10.6 Å². The van der Waals surface area contributed by atoms with Crippen molar-refractivity contribution in [2.75, 3.05) is 44.6 Å². The minimum atomic E-state index is -4.35. The van der Waals surface area contributed by atoms with Gasteiger partial charge in [0.1, 0.15) is 5.84 Å². The second-order valence-corrected chi connectivity index (χ2v) is 11.5. The molecule has 45 heavy (non-hydrogen) atoms. The molecule has 2 aliphatic rings. The van der Waals surface area contributed by atoms with Gasteiger partial charge in [0.05, 0.1) is 12.5 Å². The monoisotopic (exact) mass is 628 g/mol. The molecule has 12 heteroatoms. The first-order valence-corrected chi connectivity index (χ1v) is 15.7. The molecule has 3 N–H and O–H groups in total. The zero-order valence-electron chi connectivity index (χ0n) is 25.8. The van der Waals surface area contributed by atoms with E-state index in [1.165, 1.54) is 4.90 Å². The number of aliphatic imine (C=N–C) groups is 1. The highest BCUT2D eigenvalue weighted by atomic mass is 19.4. The van der Waals surface area contributed by atoms with Crippen LogP contribution in [-0.2, 0) is 4.79 Å². The van der Waals surface area contributed by atoms with Crippen LogP contribution in [0.5, 0.6) is 0 Å². The summed E-state index contributed by atoms with van der Waals surface area (Å²) in [4.78, 5) is 38.0. The van der Waals surface area contributed by atoms with Crippen LogP contribution in [0, 0.1) is 0 Å². The van der Waals surface area contributed by atoms with Crippen molar-refractivity contribution in [2.45, 2.75) is 70.6 Å². The number of amidine groups is 1. The van der Waals surface area contributed by atoms with Crippen molar-refractivity contribution in [3.63, 3.8) is 0 Å². The minimum absolute atomic E-state index is 0.141. The number of aliphatic hydroxyl groups excluding tert-OH is 1. The fraction of sp³-hybridized carbons (Fsp3) is 0.515. The van der Waals surface area contributed by atoms with E-state index < -0.39 is 24.9 Å². The largest absolute Gasteiger partial charge is 0.393 e. The number of nitrogens with zero attached hydrogens (tertiary/aromatic N) is 4. The molecule has 0 atom stereocenters. The molecular formula is C33H43F3N6O3. The molecule has 0 aliphatic carbocycles. The Labute approximate surface area is 262 Å². The van der Waals surface area contributed by atoms with Crippen LogP contribution in [0.2, 0.25) is 0 Å². The molecule has 0 saturated carbocycles. The Balaban J connectivity index is 1.38. The maximum atomic E-state index is 12.7. The normalized spacial score (nSPS) is 16.8. The van der Waals surface area contributed by atoms with Gasteiger partial charge in [-0.2, -0.15) is 13.2 Å². The van der Waals surface area contributed by atoms with E-state index in [4.69, 9.17) is 4.99 Å². The number of hydrogen-bond acceptors (Lipinski definition) is 6. The molecule has 2 aromatic rings. The average molecular weight is 629 g/mol. The Bertz CT molecular complexity index is 1340. The molecule has 9 nitrogen and oxygen atoms in total. The lowest BCUT2D eigenvalue weighted by Gasteiger charge is -2.29. The number of halogens is 3. The zero-order valence-corrected chi connectivity index (χ0v) is 25.8. The molecule has 2 aliphatic heterocycles. The smallest absolute Gasteiger partial charge is 0.389 e. The summed E-state index contributed by atoms with van der Waals surface area (Å²) in [6.07, 6.45) is 1.89. The Morgan fingerprint density at radius 1 is 1.09 bits per heavy atom. The number of anilines is 1. The van der Waals surface area contributed by atoms with Crippen molar-refractivity contribution < 1.29 is 27.9 Å². The Morgan fingerprint density at radius 2 is 1.84 bits per heavy atom. The van der Waals surface area contributed by atoms with Crippen molar-refractivity contribution >= 4 is 34.7 Å². The number of alkyl halides is 3. The molecule has 4 rings (SSSR count). The summed E-state index contributed by atoms with van der Waals surface area (Å²) in [5, 5.41) is 16.0. The molecular weight excluding hydrogens is 585 g/mol. The number of amides is 2. The third kappa shape index (κ3) is 11.0. The van der Waals surface area contributed by atoms with Gasteiger partial charge in [-0.25, -0.2) is 9.98 Å². The number of hydrogen-bond donors (Lipinski definition) is 3. The van der Waals surface area contributed by atoms with Crippen molar-refractivity contribution in [2.24, 2.45) is 4.99 Å². The summed E-state index contributed by atoms with van der Waals surface area (Å²) in [6, 6.07) is 11.0. The van der Waals surface area contributed by atoms with Crippen LogP contribution in [0.4, 0.5) is 24.7 Å². The van der Waals surface area contributed by atoms with Crippen LogP contribution in [0.15, 0.2) is 53.7 Å². The summed E-state index contributed by atoms with van der Waals surface area (Å²) in [7, 11) is 0. The fourth-order valence-corrected chi connectivity index (χ4v) is 5.35. The molecule has 244 valence electrons. The van der Waals surface area contributed by atoms with Gasteiger partial charge in [0, 0.05) is 75.1 Å². The predicted octanol–water partition coefficient (Wildman–Crippen LogP) is 5.56. The van der Waals surface area contributed by atoms with Crippen LogP contribution in [0.25, 0.3) is 5.57 Å². The standard InChI is InChI=1S/C33H43F3N6O3/c1-2-3-6-29(39-26-9-7-25(8-10-26)32(45)38-18-23-41-19-14-27(43)15-20-41)40-31-28(5-4-17-37-31)24-12-21-42(22-13-24)30(44)11-16-33(34,35)36/h4-5,7-10,12,17,27,43H,2-3,6,11,13-16,18-23H2,1H3,(H,38,45)(H,37,39,40). The molecule has 1 aromatic carbocycles. The maximum Gasteiger partial charge on any atom is 0.389 e. The average Bonchev–Trinajstić information content (AvgIpc) is 3.03. The van der Waals surface area contributed by atoms with E-state index in [1.54, 1.807) is 18.3 Å². The molecule has 2 amide bonds. The SMILES string of the molecule is CCCCC(=Nc1ncccc1C1=CCN(C(=O)CCC(F)(F)F)CC1)Nc1ccc(C(=O)NCCN2CCC(O)CC2)cc1. The zero-order chi connectivity index (χ0) is 32.2. The van der Waals surface area contributed by atoms with Crippen LogP contribution in [0.3, 0.4) is 0 Å². The van der Waals surface area contributed by atoms with E-state index in [9.17, 15) is 27.9 Å². The first-order valence-electron chi connectivity index (χ1n) is 15.7. The van der Waals surface area contributed by atoms with E-state index in [-0.39, 0.29) is 18.6 Å². The van der Waals surface area contributed by atoms with Gasteiger partial charge in [0.2, 0.25) is 5.91 Å². The molecule has 3 heterocycles. The summed E-state index contributed by atoms with van der Waals surface area (Å²) >= 11 is 0. The minimum Gasteiger partial charge on any atom is -0.393 e. The fourth-order valence-electron chi connectivity index (χ4n) is 5.35. The maximum absolute atomic E-state index is 12.7. The number of benzene rings is 1. The number of carbonyl (C=O) groups is 2. The second kappa shape index (κ2) is 16.5. The number of nitrogens with one attached hydrogen (secondary N) is 2. The molecule has 1 fully saturated rings. The summed E-state index contributed by atoms with van der Waals surface area (Å²) in [5.74, 6) is 0.609. The predicted molar refractivity (Wildman–Crippen MR) is 169 cm³/mol. The lowest BCUT2D eigenvalue weighted by atomic mass is 9.99. The number of piperidine rings is 1. The van der Waals surface area contributed by atoms with Crippen molar-refractivity contribution in [3.05, 3.63) is 59.8 Å². The van der Waals surface area contributed by atoms with Gasteiger partial charge >= 0.3 is 6.18 Å². The number of rotatable bonds is 12. The second-order valence-electron chi connectivity index (χ2n) is 11.5. The van der Waals surface area contributed by atoms with Crippen molar-refractivity contribution in [1.29, 1.82) is 0 Å². The van der Waals surface area contributed by atoms with Crippen molar-refractivity contribution in [1.82, 2.24) is 20.1 Å². The molecule has 0 radical (unpaired) electrons. The topological polar surface area (TPSA) is 110 Å². The van der Waals surface area contributed by atoms with Gasteiger partial charge in [-0.3, -0.25) is 9.59 Å². The summed E-state index contributed by atoms with van der Waals surface area (Å²) in [5.41, 5.74) is 3.12. The van der Waals surface area contributed by atoms with Crippen LogP contribution in [0.1, 0.15) is 74.2 Å². The number of aromatic nitrogens is 1. The number of carbonyl (C=O) groups excluding carboxylic acids is 2. The molecule has 0 unspecified atom stereocenters. The Morgan fingerprint density at radius 3 is 2.51 bits per heavy atom. The summed E-state index contributed by atoms with van der Waals surface area (Å²) < 4.78 is 37.7. The quantitative estimate of drug-likeness (QED) is 0.210. The van der Waals surface area contributed by atoms with Gasteiger partial charge in [-0.15, -0.1) is 0 Å². The van der Waals surface area contributed by atoms with E-state index in [2.05, 4.69) is 27.4 Å². The van der Waals surface area contributed by atoms with E-state index >= 15 is 0 Å². The van der Waals surface area contributed by atoms with Gasteiger partial charge in [0.25, 0.3) is 5.91 Å². The third-order valence-electron chi connectivity index (χ3n) is 8.03. The highest BCUT2D eigenvalue weighted by molar-refractivity contribution is 5.99. The van der Waals surface area contributed by atoms with E-state index in [0.29, 0.717) is 37.3 Å². The van der Waals surface area contributed by atoms with Crippen LogP contribution in [-0.4, -0.2) is 89.1 Å². The van der Waals surface area contributed by atoms with Gasteiger partial charge in [0.15, 0.2) is 5.82 Å². The molecule has 1 aromatic heterocycles. The summed E-state index contributed by atoms with van der Waals surface area (Å²) in [6.45, 7) is 5.64. The first kappa shape index (κ1) is 34.1. The number of unbranched alkanes of at least 4 members (excludes halogenated alkanes) is 1.